The Balaban J connectivity index is 2.07. The summed E-state index contributed by atoms with van der Waals surface area (Å²) in [5.41, 5.74) is -0.846. The van der Waals surface area contributed by atoms with E-state index in [1.165, 1.54) is 44.5 Å². The number of nitrogens with one attached hydrogen (secondary N) is 1. The average Bonchev–Trinajstić information content (AvgIpc) is 2.89. The average molecular weight is 515 g/mol. The standard InChI is InChI=1S/C26H30N2O9/c1-5-35-24(32)26(28-17(3)29,25(33)36-6-2)14-13-18-7-9-19(10-8-18)21(30)16-37-23(31)20-11-12-22(34-4)27-15-20/h7-12,15H,5-6,13-14,16H2,1-4H3,(H,28,29). The second-order valence-electron chi connectivity index (χ2n) is 7.81. The van der Waals surface area contributed by atoms with Crippen LogP contribution in [0.2, 0.25) is 0 Å². The molecule has 11 nitrogen and oxygen atoms in total. The summed E-state index contributed by atoms with van der Waals surface area (Å²) in [6.07, 6.45) is 1.35. The molecule has 0 radical (unpaired) electrons. The van der Waals surface area contributed by atoms with Gasteiger partial charge in [0.1, 0.15) is 0 Å². The number of pyridine rings is 1. The van der Waals surface area contributed by atoms with Crippen molar-refractivity contribution in [3.05, 3.63) is 59.3 Å². The zero-order chi connectivity index (χ0) is 27.4. The van der Waals surface area contributed by atoms with Gasteiger partial charge < -0.3 is 24.3 Å². The molecule has 37 heavy (non-hydrogen) atoms. The number of aryl methyl sites for hydroxylation is 1. The Hall–Kier alpha value is -4.28. The van der Waals surface area contributed by atoms with Crippen LogP contribution < -0.4 is 10.1 Å². The number of carbonyl (C=O) groups is 5. The minimum Gasteiger partial charge on any atom is -0.481 e. The number of carbonyl (C=O) groups excluding carboxylic acids is 5. The van der Waals surface area contributed by atoms with E-state index in [1.54, 1.807) is 26.0 Å². The van der Waals surface area contributed by atoms with Crippen LogP contribution in [-0.4, -0.2) is 67.1 Å². The lowest BCUT2D eigenvalue weighted by Crippen LogP contribution is -2.61. The molecule has 0 aliphatic carbocycles. The number of aromatic nitrogens is 1. The smallest absolute Gasteiger partial charge is 0.343 e. The Morgan fingerprint density at radius 2 is 1.46 bits per heavy atom. The molecule has 0 atom stereocenters. The lowest BCUT2D eigenvalue weighted by molar-refractivity contribution is -0.168. The first-order valence-corrected chi connectivity index (χ1v) is 11.6. The molecule has 0 fully saturated rings. The van der Waals surface area contributed by atoms with Crippen molar-refractivity contribution >= 4 is 29.6 Å². The summed E-state index contributed by atoms with van der Waals surface area (Å²) in [7, 11) is 1.45. The van der Waals surface area contributed by atoms with Crippen molar-refractivity contribution in [2.45, 2.75) is 39.2 Å². The molecular weight excluding hydrogens is 484 g/mol. The zero-order valence-electron chi connectivity index (χ0n) is 21.2. The maximum Gasteiger partial charge on any atom is 0.343 e. The predicted molar refractivity (Wildman–Crippen MR) is 130 cm³/mol. The number of rotatable bonds is 13. The second-order valence-corrected chi connectivity index (χ2v) is 7.81. The van der Waals surface area contributed by atoms with E-state index in [0.717, 1.165) is 0 Å². The van der Waals surface area contributed by atoms with E-state index in [-0.39, 0.29) is 31.6 Å². The number of ketones is 1. The van der Waals surface area contributed by atoms with Gasteiger partial charge in [0.2, 0.25) is 17.3 Å². The quantitative estimate of drug-likeness (QED) is 0.182. The lowest BCUT2D eigenvalue weighted by Gasteiger charge is -2.29. The number of Topliss-reactive ketones (excluding diaryl/α,β-unsaturated/α-hetero) is 1. The van der Waals surface area contributed by atoms with Crippen molar-refractivity contribution in [2.24, 2.45) is 0 Å². The Bertz CT molecular complexity index is 1090. The fraction of sp³-hybridized carbons (Fsp3) is 0.385. The highest BCUT2D eigenvalue weighted by Crippen LogP contribution is 2.20. The van der Waals surface area contributed by atoms with Gasteiger partial charge in [-0.15, -0.1) is 0 Å². The molecule has 1 aromatic carbocycles. The van der Waals surface area contributed by atoms with Gasteiger partial charge in [0, 0.05) is 24.8 Å². The molecule has 1 N–H and O–H groups in total. The zero-order valence-corrected chi connectivity index (χ0v) is 21.2. The highest BCUT2D eigenvalue weighted by molar-refractivity contribution is 6.07. The minimum atomic E-state index is -2.00. The first kappa shape index (κ1) is 29.0. The molecule has 1 heterocycles. The number of benzene rings is 1. The first-order valence-electron chi connectivity index (χ1n) is 11.6. The van der Waals surface area contributed by atoms with Gasteiger partial charge in [-0.2, -0.15) is 0 Å². The monoisotopic (exact) mass is 514 g/mol. The summed E-state index contributed by atoms with van der Waals surface area (Å²) in [6, 6.07) is 9.32. The van der Waals surface area contributed by atoms with Crippen molar-refractivity contribution in [1.82, 2.24) is 10.3 Å². The SMILES string of the molecule is CCOC(=O)C(CCc1ccc(C(=O)COC(=O)c2ccc(OC)nc2)cc1)(NC(C)=O)C(=O)OCC. The Morgan fingerprint density at radius 3 is 1.95 bits per heavy atom. The molecule has 0 unspecified atom stereocenters. The molecule has 11 heteroatoms. The molecule has 0 spiro atoms. The summed E-state index contributed by atoms with van der Waals surface area (Å²) in [4.78, 5) is 65.8. The Labute approximate surface area is 214 Å². The number of hydrogen-bond acceptors (Lipinski definition) is 10. The van der Waals surface area contributed by atoms with Gasteiger partial charge in [-0.1, -0.05) is 24.3 Å². The maximum absolute atomic E-state index is 12.7. The normalized spacial score (nSPS) is 10.7. The van der Waals surface area contributed by atoms with Gasteiger partial charge in [0.15, 0.2) is 12.4 Å². The highest BCUT2D eigenvalue weighted by Gasteiger charge is 2.49. The van der Waals surface area contributed by atoms with Gasteiger partial charge in [0.05, 0.1) is 25.9 Å². The summed E-state index contributed by atoms with van der Waals surface area (Å²) >= 11 is 0. The first-order chi connectivity index (χ1) is 17.7. The predicted octanol–water partition coefficient (Wildman–Crippen LogP) is 2.06. The van der Waals surface area contributed by atoms with E-state index < -0.39 is 41.7 Å². The summed E-state index contributed by atoms with van der Waals surface area (Å²) in [5, 5.41) is 2.41. The van der Waals surface area contributed by atoms with Crippen LogP contribution in [0, 0.1) is 0 Å². The number of ether oxygens (including phenoxy) is 4. The molecule has 0 saturated carbocycles. The summed E-state index contributed by atoms with van der Waals surface area (Å²) in [6.45, 7) is 3.91. The second kappa shape index (κ2) is 13.7. The van der Waals surface area contributed by atoms with Gasteiger partial charge in [0.25, 0.3) is 0 Å². The van der Waals surface area contributed by atoms with Crippen LogP contribution in [0.3, 0.4) is 0 Å². The lowest BCUT2D eigenvalue weighted by atomic mass is 9.90. The number of nitrogens with zero attached hydrogens (tertiary/aromatic N) is 1. The molecule has 198 valence electrons. The van der Waals surface area contributed by atoms with Crippen LogP contribution in [0.1, 0.15) is 53.5 Å². The van der Waals surface area contributed by atoms with Gasteiger partial charge >= 0.3 is 17.9 Å². The number of esters is 3. The van der Waals surface area contributed by atoms with E-state index in [0.29, 0.717) is 17.0 Å². The van der Waals surface area contributed by atoms with Crippen molar-refractivity contribution in [3.8, 4) is 5.88 Å². The third kappa shape index (κ3) is 7.86. The van der Waals surface area contributed by atoms with Crippen LogP contribution >= 0.6 is 0 Å². The Morgan fingerprint density at radius 1 is 0.865 bits per heavy atom. The topological polar surface area (TPSA) is 147 Å². The van der Waals surface area contributed by atoms with Crippen LogP contribution in [0.5, 0.6) is 5.88 Å². The van der Waals surface area contributed by atoms with E-state index >= 15 is 0 Å². The molecular formula is C26H30N2O9. The fourth-order valence-electron chi connectivity index (χ4n) is 3.37. The Kier molecular flexibility index (Phi) is 10.7. The van der Waals surface area contributed by atoms with E-state index in [2.05, 4.69) is 10.3 Å². The van der Waals surface area contributed by atoms with Crippen molar-refractivity contribution in [1.29, 1.82) is 0 Å². The molecule has 0 saturated heterocycles. The summed E-state index contributed by atoms with van der Waals surface area (Å²) in [5.74, 6) is -3.21. The maximum atomic E-state index is 12.7. The number of hydrogen-bond donors (Lipinski definition) is 1. The van der Waals surface area contributed by atoms with Crippen LogP contribution in [0.15, 0.2) is 42.6 Å². The largest absolute Gasteiger partial charge is 0.481 e. The number of amides is 1. The van der Waals surface area contributed by atoms with Crippen LogP contribution in [0.25, 0.3) is 0 Å². The van der Waals surface area contributed by atoms with Crippen molar-refractivity contribution in [3.63, 3.8) is 0 Å². The van der Waals surface area contributed by atoms with E-state index in [1.807, 2.05) is 0 Å². The van der Waals surface area contributed by atoms with Crippen molar-refractivity contribution in [2.75, 3.05) is 26.9 Å². The van der Waals surface area contributed by atoms with Crippen LogP contribution in [0.4, 0.5) is 0 Å². The molecule has 2 aromatic rings. The number of methoxy groups -OCH3 is 1. The van der Waals surface area contributed by atoms with Crippen molar-refractivity contribution < 1.29 is 42.9 Å². The highest BCUT2D eigenvalue weighted by atomic mass is 16.6. The van der Waals surface area contributed by atoms with E-state index in [9.17, 15) is 24.0 Å². The van der Waals surface area contributed by atoms with E-state index in [4.69, 9.17) is 18.9 Å². The summed E-state index contributed by atoms with van der Waals surface area (Å²) < 4.78 is 20.1. The third-order valence-corrected chi connectivity index (χ3v) is 5.22. The third-order valence-electron chi connectivity index (χ3n) is 5.22. The molecule has 0 aliphatic heterocycles. The fourth-order valence-corrected chi connectivity index (χ4v) is 3.37. The molecule has 2 rings (SSSR count). The van der Waals surface area contributed by atoms with Gasteiger partial charge in [-0.3, -0.25) is 9.59 Å². The minimum absolute atomic E-state index is 0.00985. The molecule has 0 bridgehead atoms. The van der Waals surface area contributed by atoms with Crippen LogP contribution in [-0.2, 0) is 35.0 Å². The molecule has 1 amide bonds. The van der Waals surface area contributed by atoms with Gasteiger partial charge in [-0.05, 0) is 38.3 Å². The molecule has 0 aliphatic rings. The molecule has 1 aromatic heterocycles. The van der Waals surface area contributed by atoms with Gasteiger partial charge in [-0.25, -0.2) is 19.4 Å².